The van der Waals surface area contributed by atoms with Crippen molar-refractivity contribution in [2.75, 3.05) is 39.5 Å². The second-order valence-corrected chi connectivity index (χ2v) is 17.1. The molecule has 2 aromatic rings. The van der Waals surface area contributed by atoms with Gasteiger partial charge >= 0.3 is 11.8 Å². The molecular formula is C48H57N3O11. The van der Waals surface area contributed by atoms with Crippen LogP contribution in [0.1, 0.15) is 92.6 Å². The molecule has 3 unspecified atom stereocenters. The summed E-state index contributed by atoms with van der Waals surface area (Å²) in [7, 11) is 0. The van der Waals surface area contributed by atoms with E-state index in [1.807, 2.05) is 19.1 Å². The van der Waals surface area contributed by atoms with Crippen molar-refractivity contribution in [3.05, 3.63) is 88.0 Å². The van der Waals surface area contributed by atoms with Gasteiger partial charge in [0, 0.05) is 63.0 Å². The number of aliphatic imine (C=N–C) groups is 1. The van der Waals surface area contributed by atoms with Crippen LogP contribution in [0.5, 0.6) is 23.0 Å². The Labute approximate surface area is 362 Å². The number of Topliss-reactive ketones (excluding diaryl/α,β-unsaturated/α-hetero) is 2. The molecule has 1 fully saturated rings. The number of hydrogen-bond donors (Lipinski definition) is 1. The van der Waals surface area contributed by atoms with Gasteiger partial charge in [0.15, 0.2) is 5.75 Å². The molecule has 14 nitrogen and oxygen atoms in total. The number of rotatable bonds is 8. The monoisotopic (exact) mass is 851 g/mol. The van der Waals surface area contributed by atoms with E-state index in [-0.39, 0.29) is 69.6 Å². The maximum absolute atomic E-state index is 15.4. The predicted molar refractivity (Wildman–Crippen MR) is 231 cm³/mol. The molecule has 7 rings (SSSR count). The van der Waals surface area contributed by atoms with E-state index >= 15 is 4.79 Å². The van der Waals surface area contributed by atoms with Gasteiger partial charge in [-0.3, -0.25) is 29.1 Å². The average molecular weight is 852 g/mol. The third kappa shape index (κ3) is 9.36. The molecule has 14 heteroatoms. The highest BCUT2D eigenvalue weighted by Gasteiger charge is 2.52. The number of nitrogens with zero attached hydrogens (tertiary/aromatic N) is 2. The number of hydrogen-bond acceptors (Lipinski definition) is 13. The lowest BCUT2D eigenvalue weighted by Gasteiger charge is -2.35. The van der Waals surface area contributed by atoms with Crippen molar-refractivity contribution >= 4 is 35.8 Å². The summed E-state index contributed by atoms with van der Waals surface area (Å²) in [6.07, 6.45) is 8.78. The Morgan fingerprint density at radius 1 is 1.06 bits per heavy atom. The molecule has 0 spiro atoms. The van der Waals surface area contributed by atoms with Crippen LogP contribution in [0.15, 0.2) is 70.8 Å². The van der Waals surface area contributed by atoms with Crippen molar-refractivity contribution in [1.29, 1.82) is 0 Å². The minimum atomic E-state index is -1.79. The van der Waals surface area contributed by atoms with Crippen LogP contribution in [-0.2, 0) is 30.2 Å². The van der Waals surface area contributed by atoms with Gasteiger partial charge in [0.1, 0.15) is 53.2 Å². The Morgan fingerprint density at radius 3 is 2.58 bits per heavy atom. The molecule has 2 aromatic carbocycles. The number of fused-ring (bicyclic) bond motifs is 4. The van der Waals surface area contributed by atoms with E-state index in [4.69, 9.17) is 33.2 Å². The number of ketones is 2. The second-order valence-electron chi connectivity index (χ2n) is 17.1. The van der Waals surface area contributed by atoms with Gasteiger partial charge in [-0.05, 0) is 75.4 Å². The fourth-order valence-electron chi connectivity index (χ4n) is 8.73. The van der Waals surface area contributed by atoms with Crippen molar-refractivity contribution in [3.8, 4) is 23.0 Å². The molecule has 4 heterocycles. The number of benzene rings is 2. The van der Waals surface area contributed by atoms with Crippen molar-refractivity contribution in [2.45, 2.75) is 92.1 Å². The van der Waals surface area contributed by atoms with Gasteiger partial charge in [0.05, 0.1) is 30.6 Å². The fourth-order valence-corrected chi connectivity index (χ4v) is 8.73. The number of nitrogens with one attached hydrogen (secondary N) is 1. The molecule has 330 valence electrons. The zero-order valence-electron chi connectivity index (χ0n) is 36.7. The first-order valence-corrected chi connectivity index (χ1v) is 21.4. The first kappa shape index (κ1) is 44.3. The number of amides is 1. The number of morpholine rings is 1. The van der Waals surface area contributed by atoms with Crippen LogP contribution in [0, 0.1) is 24.7 Å². The topological polar surface area (TPSA) is 161 Å². The number of esters is 1. The van der Waals surface area contributed by atoms with Gasteiger partial charge in [0.2, 0.25) is 5.78 Å². The summed E-state index contributed by atoms with van der Waals surface area (Å²) < 4.78 is 43.9. The molecule has 0 saturated carbocycles. The predicted octanol–water partition coefficient (Wildman–Crippen LogP) is 7.29. The minimum Gasteiger partial charge on any atom is -0.492 e. The van der Waals surface area contributed by atoms with Crippen LogP contribution in [-0.4, -0.2) is 92.5 Å². The maximum Gasteiger partial charge on any atom is 0.312 e. The molecule has 1 amide bonds. The SMILES string of the molecule is C=Nc1ccc(OCCN2CCOCC2)cc1OC1=C2NC(=O)/C(C)=C\C=C\C(C)C[C@@H](C)CC3Oc4c(C)c5c(c(c4C2=O)C1)C(=O)[C@@](C)(O/C=C/C[C@@H](C)C3OC(C)=O)O5. The van der Waals surface area contributed by atoms with Crippen LogP contribution >= 0.6 is 0 Å². The third-order valence-electron chi connectivity index (χ3n) is 12.0. The average Bonchev–Trinajstić information content (AvgIpc) is 3.50. The van der Waals surface area contributed by atoms with E-state index in [0.717, 1.165) is 19.5 Å². The zero-order valence-corrected chi connectivity index (χ0v) is 36.7. The number of carbonyl (C=O) groups excluding carboxylic acids is 4. The summed E-state index contributed by atoms with van der Waals surface area (Å²) in [6.45, 7) is 20.3. The van der Waals surface area contributed by atoms with Crippen LogP contribution in [0.4, 0.5) is 5.69 Å². The third-order valence-corrected chi connectivity index (χ3v) is 12.0. The Hall–Kier alpha value is -5.73. The number of allylic oxidation sites excluding steroid dienone is 6. The fraction of sp³-hybridized carbons (Fsp3) is 0.479. The summed E-state index contributed by atoms with van der Waals surface area (Å²) in [4.78, 5) is 63.2. The first-order valence-electron chi connectivity index (χ1n) is 21.4. The summed E-state index contributed by atoms with van der Waals surface area (Å²) in [5.74, 6) is -2.95. The molecule has 1 saturated heterocycles. The van der Waals surface area contributed by atoms with Crippen molar-refractivity contribution in [3.63, 3.8) is 0 Å². The molecular weight excluding hydrogens is 795 g/mol. The summed E-state index contributed by atoms with van der Waals surface area (Å²) in [6, 6.07) is 5.11. The molecule has 1 N–H and O–H groups in total. The summed E-state index contributed by atoms with van der Waals surface area (Å²) in [5, 5.41) is 2.86. The Kier molecular flexibility index (Phi) is 13.4. The normalized spacial score (nSPS) is 28.5. The zero-order chi connectivity index (χ0) is 44.3. The Morgan fingerprint density at radius 2 is 1.84 bits per heavy atom. The van der Waals surface area contributed by atoms with E-state index < -0.39 is 41.4 Å². The lowest BCUT2D eigenvalue weighted by molar-refractivity contribution is -0.155. The van der Waals surface area contributed by atoms with Gasteiger partial charge in [-0.25, -0.2) is 0 Å². The molecule has 4 aliphatic heterocycles. The van der Waals surface area contributed by atoms with E-state index in [0.29, 0.717) is 61.8 Å². The highest BCUT2D eigenvalue weighted by atomic mass is 16.7. The summed E-state index contributed by atoms with van der Waals surface area (Å²) in [5.41, 5.74) is 1.41. The first-order chi connectivity index (χ1) is 29.7. The lowest BCUT2D eigenvalue weighted by atomic mass is 9.83. The van der Waals surface area contributed by atoms with Crippen molar-refractivity contribution in [1.82, 2.24) is 10.2 Å². The Balaban J connectivity index is 1.40. The molecule has 6 atom stereocenters. The molecule has 0 radical (unpaired) electrons. The molecule has 5 aliphatic rings. The molecule has 1 aliphatic carbocycles. The van der Waals surface area contributed by atoms with Gasteiger partial charge in [-0.1, -0.05) is 39.0 Å². The van der Waals surface area contributed by atoms with E-state index in [2.05, 4.69) is 35.8 Å². The van der Waals surface area contributed by atoms with Crippen LogP contribution in [0.3, 0.4) is 0 Å². The van der Waals surface area contributed by atoms with Crippen LogP contribution in [0.25, 0.3) is 0 Å². The molecule has 62 heavy (non-hydrogen) atoms. The van der Waals surface area contributed by atoms with Crippen LogP contribution < -0.4 is 24.3 Å². The van der Waals surface area contributed by atoms with Gasteiger partial charge in [-0.2, -0.15) is 0 Å². The highest BCUT2D eigenvalue weighted by Crippen LogP contribution is 2.50. The van der Waals surface area contributed by atoms with Crippen molar-refractivity contribution < 1.29 is 52.3 Å². The lowest BCUT2D eigenvalue weighted by Crippen LogP contribution is -2.42. The standard InChI is InChI=1S/C48H57N3O11/c1-27-11-9-12-30(4)47(55)50-41-37(60-36-25-33(14-15-35(36)49-8)57-22-18-51-16-20-56-21-17-51)26-34-39(42(41)53)44-31(5)45-40(34)46(54)48(7,62-45)58-19-10-13-29(3)43(59-32(6)52)38(61-44)24-28(2)23-27/h9-12,14-15,19,25,27-29,38,43H,8,13,16-18,20-24,26H2,1-7H3,(H,50,55)/b11-9+,19-10+,30-12-/t27?,28-,29-,38?,43?,48+/m1/s1. The molecule has 6 bridgehead atoms. The molecule has 0 aromatic heterocycles. The van der Waals surface area contributed by atoms with Crippen LogP contribution in [0.2, 0.25) is 0 Å². The van der Waals surface area contributed by atoms with Crippen molar-refractivity contribution in [2.24, 2.45) is 22.7 Å². The van der Waals surface area contributed by atoms with E-state index in [9.17, 15) is 14.4 Å². The van der Waals surface area contributed by atoms with Gasteiger partial charge in [0.25, 0.3) is 11.7 Å². The van der Waals surface area contributed by atoms with Gasteiger partial charge < -0.3 is 38.5 Å². The van der Waals surface area contributed by atoms with E-state index in [1.165, 1.54) is 20.1 Å². The smallest absolute Gasteiger partial charge is 0.312 e. The van der Waals surface area contributed by atoms with E-state index in [1.54, 1.807) is 44.2 Å². The summed E-state index contributed by atoms with van der Waals surface area (Å²) >= 11 is 0. The largest absolute Gasteiger partial charge is 0.492 e. The second kappa shape index (κ2) is 18.7. The van der Waals surface area contributed by atoms with Gasteiger partial charge in [-0.15, -0.1) is 0 Å². The number of ether oxygens (including phenoxy) is 7. The minimum absolute atomic E-state index is 0.0428. The number of carbonyl (C=O) groups is 4. The quantitative estimate of drug-likeness (QED) is 0.209. The maximum atomic E-state index is 15.4. The highest BCUT2D eigenvalue weighted by molar-refractivity contribution is 6.19. The Bertz CT molecular complexity index is 2250.